The molecular formula is C14H13N5O. The van der Waals surface area contributed by atoms with Gasteiger partial charge >= 0.3 is 0 Å². The van der Waals surface area contributed by atoms with Gasteiger partial charge in [0.2, 0.25) is 0 Å². The molecule has 1 amide bonds. The number of amides is 1. The molecule has 100 valence electrons. The molecule has 3 aromatic rings. The molecule has 0 aliphatic rings. The molecule has 0 bridgehead atoms. The lowest BCUT2D eigenvalue weighted by molar-refractivity contribution is 0.102. The molecule has 2 aromatic heterocycles. The topological polar surface area (TPSA) is 64.7 Å². The summed E-state index contributed by atoms with van der Waals surface area (Å²) < 4.78 is 3.46. The SMILES string of the molecule is Cn1cc(C(=O)Nc2cccc(-n3cccc3)c2)nn1. The first-order chi connectivity index (χ1) is 9.72. The number of nitrogens with one attached hydrogen (secondary N) is 1. The van der Waals surface area contributed by atoms with E-state index in [0.717, 1.165) is 5.69 Å². The highest BCUT2D eigenvalue weighted by Crippen LogP contribution is 2.15. The summed E-state index contributed by atoms with van der Waals surface area (Å²) in [7, 11) is 1.72. The summed E-state index contributed by atoms with van der Waals surface area (Å²) in [6, 6.07) is 11.5. The van der Waals surface area contributed by atoms with Crippen molar-refractivity contribution in [3.8, 4) is 5.69 Å². The molecule has 6 heteroatoms. The van der Waals surface area contributed by atoms with E-state index < -0.39 is 0 Å². The van der Waals surface area contributed by atoms with E-state index in [-0.39, 0.29) is 5.91 Å². The van der Waals surface area contributed by atoms with Crippen LogP contribution in [0.25, 0.3) is 5.69 Å². The first-order valence-corrected chi connectivity index (χ1v) is 6.13. The molecule has 0 atom stereocenters. The molecule has 20 heavy (non-hydrogen) atoms. The van der Waals surface area contributed by atoms with Gasteiger partial charge in [0.15, 0.2) is 5.69 Å². The Hall–Kier alpha value is -2.89. The Labute approximate surface area is 115 Å². The molecule has 1 aromatic carbocycles. The maximum atomic E-state index is 12.0. The minimum atomic E-state index is -0.275. The number of anilines is 1. The second kappa shape index (κ2) is 5.00. The Bertz CT molecular complexity index is 730. The van der Waals surface area contributed by atoms with Gasteiger partial charge in [0, 0.05) is 30.8 Å². The van der Waals surface area contributed by atoms with Crippen molar-refractivity contribution in [3.63, 3.8) is 0 Å². The lowest BCUT2D eigenvalue weighted by Gasteiger charge is -2.07. The molecule has 3 rings (SSSR count). The van der Waals surface area contributed by atoms with Crippen molar-refractivity contribution in [2.75, 3.05) is 5.32 Å². The van der Waals surface area contributed by atoms with Crippen LogP contribution in [0.4, 0.5) is 5.69 Å². The van der Waals surface area contributed by atoms with E-state index in [1.807, 2.05) is 53.4 Å². The number of hydrogen-bond acceptors (Lipinski definition) is 3. The summed E-state index contributed by atoms with van der Waals surface area (Å²) in [5.41, 5.74) is 1.98. The summed E-state index contributed by atoms with van der Waals surface area (Å²) >= 11 is 0. The molecule has 0 fully saturated rings. The monoisotopic (exact) mass is 267 g/mol. The van der Waals surface area contributed by atoms with Crippen LogP contribution in [0.5, 0.6) is 0 Å². The summed E-state index contributed by atoms with van der Waals surface area (Å²) in [6.07, 6.45) is 5.47. The average Bonchev–Trinajstić information content (AvgIpc) is 3.10. The lowest BCUT2D eigenvalue weighted by Crippen LogP contribution is -2.12. The first kappa shape index (κ1) is 12.2. The number of rotatable bonds is 3. The van der Waals surface area contributed by atoms with Crippen molar-refractivity contribution < 1.29 is 4.79 Å². The van der Waals surface area contributed by atoms with Crippen molar-refractivity contribution in [2.45, 2.75) is 0 Å². The van der Waals surface area contributed by atoms with Crippen molar-refractivity contribution in [2.24, 2.45) is 7.05 Å². The molecule has 1 N–H and O–H groups in total. The van der Waals surface area contributed by atoms with E-state index in [4.69, 9.17) is 0 Å². The lowest BCUT2D eigenvalue weighted by atomic mass is 10.2. The molecule has 0 unspecified atom stereocenters. The zero-order chi connectivity index (χ0) is 13.9. The van der Waals surface area contributed by atoms with E-state index in [1.54, 1.807) is 13.2 Å². The molecule has 0 saturated carbocycles. The standard InChI is InChI=1S/C14H13N5O/c1-18-10-13(16-17-18)14(20)15-11-5-4-6-12(9-11)19-7-2-3-8-19/h2-10H,1H3,(H,15,20). The number of carbonyl (C=O) groups is 1. The second-order valence-electron chi connectivity index (χ2n) is 4.37. The molecule has 0 aliphatic heterocycles. The van der Waals surface area contributed by atoms with Gasteiger partial charge < -0.3 is 9.88 Å². The number of nitrogens with zero attached hydrogens (tertiary/aromatic N) is 4. The van der Waals surface area contributed by atoms with Crippen LogP contribution >= 0.6 is 0 Å². The van der Waals surface area contributed by atoms with Gasteiger partial charge in [-0.2, -0.15) is 0 Å². The van der Waals surface area contributed by atoms with Crippen LogP contribution in [0.3, 0.4) is 0 Å². The van der Waals surface area contributed by atoms with Gasteiger partial charge in [-0.15, -0.1) is 5.10 Å². The molecule has 0 radical (unpaired) electrons. The zero-order valence-electron chi connectivity index (χ0n) is 10.9. The van der Waals surface area contributed by atoms with Crippen LogP contribution in [0.2, 0.25) is 0 Å². The zero-order valence-corrected chi connectivity index (χ0v) is 10.9. The minimum Gasteiger partial charge on any atom is -0.324 e. The number of carbonyl (C=O) groups excluding carboxylic acids is 1. The van der Waals surface area contributed by atoms with E-state index in [2.05, 4.69) is 15.6 Å². The number of aryl methyl sites for hydroxylation is 1. The fraction of sp³-hybridized carbons (Fsp3) is 0.0714. The van der Waals surface area contributed by atoms with Gasteiger partial charge in [-0.1, -0.05) is 11.3 Å². The molecule has 0 aliphatic carbocycles. The van der Waals surface area contributed by atoms with Crippen LogP contribution < -0.4 is 5.32 Å². The highest BCUT2D eigenvalue weighted by Gasteiger charge is 2.10. The highest BCUT2D eigenvalue weighted by molar-refractivity contribution is 6.02. The predicted molar refractivity (Wildman–Crippen MR) is 74.7 cm³/mol. The Morgan fingerprint density at radius 3 is 2.70 bits per heavy atom. The fourth-order valence-corrected chi connectivity index (χ4v) is 1.90. The van der Waals surface area contributed by atoms with Crippen LogP contribution in [-0.4, -0.2) is 25.5 Å². The van der Waals surface area contributed by atoms with Gasteiger partial charge in [0.25, 0.3) is 5.91 Å². The molecule has 0 saturated heterocycles. The maximum Gasteiger partial charge on any atom is 0.277 e. The highest BCUT2D eigenvalue weighted by atomic mass is 16.2. The second-order valence-corrected chi connectivity index (χ2v) is 4.37. The normalized spacial score (nSPS) is 10.4. The smallest absolute Gasteiger partial charge is 0.277 e. The third-order valence-electron chi connectivity index (χ3n) is 2.84. The predicted octanol–water partition coefficient (Wildman–Crippen LogP) is 1.86. The largest absolute Gasteiger partial charge is 0.324 e. The summed E-state index contributed by atoms with van der Waals surface area (Å²) in [6.45, 7) is 0. The van der Waals surface area contributed by atoms with Crippen molar-refractivity contribution in [1.82, 2.24) is 19.6 Å². The quantitative estimate of drug-likeness (QED) is 0.787. The third-order valence-corrected chi connectivity index (χ3v) is 2.84. The summed E-state index contributed by atoms with van der Waals surface area (Å²) in [5, 5.41) is 10.3. The van der Waals surface area contributed by atoms with Gasteiger partial charge in [0.05, 0.1) is 6.20 Å². The number of hydrogen-bond donors (Lipinski definition) is 1. The fourth-order valence-electron chi connectivity index (χ4n) is 1.90. The Morgan fingerprint density at radius 2 is 2.00 bits per heavy atom. The average molecular weight is 267 g/mol. The van der Waals surface area contributed by atoms with Crippen LogP contribution in [0.1, 0.15) is 10.5 Å². The number of aromatic nitrogens is 4. The van der Waals surface area contributed by atoms with Gasteiger partial charge in [-0.3, -0.25) is 9.48 Å². The third kappa shape index (κ3) is 2.44. The van der Waals surface area contributed by atoms with Gasteiger partial charge in [-0.05, 0) is 30.3 Å². The molecule has 0 spiro atoms. The van der Waals surface area contributed by atoms with Crippen LogP contribution in [0.15, 0.2) is 55.0 Å². The first-order valence-electron chi connectivity index (χ1n) is 6.13. The Balaban J connectivity index is 1.81. The van der Waals surface area contributed by atoms with Crippen molar-refractivity contribution in [1.29, 1.82) is 0 Å². The molecule has 2 heterocycles. The summed E-state index contributed by atoms with van der Waals surface area (Å²) in [5.74, 6) is -0.275. The van der Waals surface area contributed by atoms with E-state index in [1.165, 1.54) is 4.68 Å². The van der Waals surface area contributed by atoms with E-state index in [0.29, 0.717) is 11.4 Å². The Morgan fingerprint density at radius 1 is 1.20 bits per heavy atom. The minimum absolute atomic E-state index is 0.275. The number of benzene rings is 1. The van der Waals surface area contributed by atoms with Gasteiger partial charge in [-0.25, -0.2) is 0 Å². The van der Waals surface area contributed by atoms with Gasteiger partial charge in [0.1, 0.15) is 0 Å². The van der Waals surface area contributed by atoms with Crippen molar-refractivity contribution >= 4 is 11.6 Å². The van der Waals surface area contributed by atoms with Crippen LogP contribution in [0, 0.1) is 0 Å². The molecular weight excluding hydrogens is 254 g/mol. The van der Waals surface area contributed by atoms with Crippen LogP contribution in [-0.2, 0) is 7.05 Å². The Kier molecular flexibility index (Phi) is 3.04. The van der Waals surface area contributed by atoms with E-state index in [9.17, 15) is 4.79 Å². The summed E-state index contributed by atoms with van der Waals surface area (Å²) in [4.78, 5) is 12.0. The maximum absolute atomic E-state index is 12.0. The van der Waals surface area contributed by atoms with Crippen molar-refractivity contribution in [3.05, 3.63) is 60.7 Å². The van der Waals surface area contributed by atoms with E-state index >= 15 is 0 Å². The molecule has 6 nitrogen and oxygen atoms in total.